The number of ether oxygens (including phenoxy) is 1. The SMILES string of the molecule is CC(C)(C)OC(=O)NCc1cc(=O)[nH]c(CNC(=O)Nc2cccc(C#Cc3ccccn3)c2)n1. The van der Waals surface area contributed by atoms with Crippen molar-refractivity contribution in [3.63, 3.8) is 0 Å². The third-order valence-electron chi connectivity index (χ3n) is 4.19. The first-order valence-corrected chi connectivity index (χ1v) is 10.8. The number of nitrogens with zero attached hydrogens (tertiary/aromatic N) is 2. The van der Waals surface area contributed by atoms with Gasteiger partial charge in [-0.3, -0.25) is 4.79 Å². The zero-order valence-electron chi connectivity index (χ0n) is 19.6. The molecule has 4 N–H and O–H groups in total. The maximum atomic E-state index is 12.3. The molecule has 0 spiro atoms. The quantitative estimate of drug-likeness (QED) is 0.420. The average Bonchev–Trinajstić information content (AvgIpc) is 2.80. The number of hydrogen-bond donors (Lipinski definition) is 4. The van der Waals surface area contributed by atoms with Gasteiger partial charge >= 0.3 is 12.1 Å². The van der Waals surface area contributed by atoms with Crippen molar-refractivity contribution in [2.24, 2.45) is 0 Å². The minimum absolute atomic E-state index is 0.00432. The Morgan fingerprint density at radius 2 is 1.86 bits per heavy atom. The molecule has 0 atom stereocenters. The molecule has 0 saturated carbocycles. The molecule has 0 aliphatic rings. The molecule has 10 heteroatoms. The van der Waals surface area contributed by atoms with E-state index in [4.69, 9.17) is 4.74 Å². The molecule has 0 fully saturated rings. The van der Waals surface area contributed by atoms with E-state index in [0.29, 0.717) is 22.6 Å². The molecule has 0 radical (unpaired) electrons. The molecule has 35 heavy (non-hydrogen) atoms. The number of amides is 3. The molecule has 10 nitrogen and oxygen atoms in total. The summed E-state index contributed by atoms with van der Waals surface area (Å²) >= 11 is 0. The number of alkyl carbamates (subject to hydrolysis) is 1. The monoisotopic (exact) mass is 474 g/mol. The van der Waals surface area contributed by atoms with Crippen molar-refractivity contribution >= 4 is 17.8 Å². The fourth-order valence-corrected chi connectivity index (χ4v) is 2.80. The Balaban J connectivity index is 1.55. The summed E-state index contributed by atoms with van der Waals surface area (Å²) in [6.45, 7) is 5.22. The summed E-state index contributed by atoms with van der Waals surface area (Å²) in [6.07, 6.45) is 1.05. The van der Waals surface area contributed by atoms with Crippen LogP contribution in [0.25, 0.3) is 0 Å². The summed E-state index contributed by atoms with van der Waals surface area (Å²) < 4.78 is 5.16. The standard InChI is InChI=1S/C25H26N6O4/c1-25(2,3)35-24(34)28-15-20-14-22(32)31-21(29-20)16-27-23(33)30-19-9-6-7-17(13-19)10-11-18-8-4-5-12-26-18/h4-9,12-14H,15-16H2,1-3H3,(H,28,34)(H2,27,30,33)(H,29,31,32). The highest BCUT2D eigenvalue weighted by Crippen LogP contribution is 2.10. The van der Waals surface area contributed by atoms with Crippen molar-refractivity contribution in [3.8, 4) is 11.8 Å². The molecule has 0 aliphatic carbocycles. The lowest BCUT2D eigenvalue weighted by Crippen LogP contribution is -2.33. The van der Waals surface area contributed by atoms with Crippen LogP contribution in [-0.4, -0.2) is 32.7 Å². The normalized spacial score (nSPS) is 10.5. The lowest BCUT2D eigenvalue weighted by molar-refractivity contribution is 0.0522. The summed E-state index contributed by atoms with van der Waals surface area (Å²) in [4.78, 5) is 47.0. The number of aromatic amines is 1. The van der Waals surface area contributed by atoms with Gasteiger partial charge in [-0.25, -0.2) is 19.6 Å². The number of anilines is 1. The van der Waals surface area contributed by atoms with Gasteiger partial charge in [-0.2, -0.15) is 0 Å². The summed E-state index contributed by atoms with van der Waals surface area (Å²) in [5, 5.41) is 7.89. The molecule has 3 aromatic rings. The number of hydrogen-bond acceptors (Lipinski definition) is 6. The Bertz CT molecular complexity index is 1300. The van der Waals surface area contributed by atoms with Gasteiger partial charge in [0.1, 0.15) is 17.1 Å². The lowest BCUT2D eigenvalue weighted by atomic mass is 10.2. The zero-order valence-corrected chi connectivity index (χ0v) is 19.6. The number of nitrogens with one attached hydrogen (secondary N) is 4. The Morgan fingerprint density at radius 3 is 2.60 bits per heavy atom. The van der Waals surface area contributed by atoms with Crippen LogP contribution in [0.15, 0.2) is 59.5 Å². The van der Waals surface area contributed by atoms with E-state index >= 15 is 0 Å². The fraction of sp³-hybridized carbons (Fsp3) is 0.240. The number of urea groups is 1. The predicted molar refractivity (Wildman–Crippen MR) is 130 cm³/mol. The van der Waals surface area contributed by atoms with Crippen molar-refractivity contribution in [2.75, 3.05) is 5.32 Å². The lowest BCUT2D eigenvalue weighted by Gasteiger charge is -2.19. The summed E-state index contributed by atoms with van der Waals surface area (Å²) in [5.74, 6) is 6.21. The second-order valence-electron chi connectivity index (χ2n) is 8.39. The van der Waals surface area contributed by atoms with E-state index < -0.39 is 23.3 Å². The van der Waals surface area contributed by atoms with Crippen LogP contribution in [0.4, 0.5) is 15.3 Å². The van der Waals surface area contributed by atoms with Gasteiger partial charge < -0.3 is 25.7 Å². The van der Waals surface area contributed by atoms with Gasteiger partial charge in [-0.15, -0.1) is 0 Å². The summed E-state index contributed by atoms with van der Waals surface area (Å²) in [5.41, 5.74) is 1.19. The van der Waals surface area contributed by atoms with E-state index in [2.05, 4.69) is 42.7 Å². The van der Waals surface area contributed by atoms with Gasteiger partial charge in [-0.05, 0) is 57.0 Å². The van der Waals surface area contributed by atoms with Crippen LogP contribution in [-0.2, 0) is 17.8 Å². The Morgan fingerprint density at radius 1 is 1.03 bits per heavy atom. The van der Waals surface area contributed by atoms with Crippen LogP contribution in [0.2, 0.25) is 0 Å². The summed E-state index contributed by atoms with van der Waals surface area (Å²) in [6, 6.07) is 13.3. The van der Waals surface area contributed by atoms with E-state index in [0.717, 1.165) is 0 Å². The van der Waals surface area contributed by atoms with Gasteiger partial charge in [0.15, 0.2) is 0 Å². The molecule has 0 unspecified atom stereocenters. The summed E-state index contributed by atoms with van der Waals surface area (Å²) in [7, 11) is 0. The first kappa shape index (κ1) is 25.0. The molecule has 0 saturated heterocycles. The second kappa shape index (κ2) is 11.5. The van der Waals surface area contributed by atoms with Crippen LogP contribution in [0, 0.1) is 11.8 Å². The van der Waals surface area contributed by atoms with E-state index in [1.165, 1.54) is 6.07 Å². The number of pyridine rings is 1. The van der Waals surface area contributed by atoms with Crippen LogP contribution >= 0.6 is 0 Å². The zero-order chi connectivity index (χ0) is 25.3. The first-order valence-electron chi connectivity index (χ1n) is 10.8. The van der Waals surface area contributed by atoms with Gasteiger partial charge in [0.25, 0.3) is 5.56 Å². The van der Waals surface area contributed by atoms with Crippen molar-refractivity contribution in [2.45, 2.75) is 39.5 Å². The molecule has 0 aliphatic heterocycles. The smallest absolute Gasteiger partial charge is 0.407 e. The van der Waals surface area contributed by atoms with Crippen molar-refractivity contribution in [1.29, 1.82) is 0 Å². The number of rotatable bonds is 5. The highest BCUT2D eigenvalue weighted by molar-refractivity contribution is 5.89. The van der Waals surface area contributed by atoms with Gasteiger partial charge in [0.05, 0.1) is 18.8 Å². The van der Waals surface area contributed by atoms with E-state index in [9.17, 15) is 14.4 Å². The minimum atomic E-state index is -0.640. The second-order valence-corrected chi connectivity index (χ2v) is 8.39. The maximum absolute atomic E-state index is 12.3. The van der Waals surface area contributed by atoms with E-state index in [1.54, 1.807) is 45.2 Å². The number of benzene rings is 1. The molecule has 0 bridgehead atoms. The minimum Gasteiger partial charge on any atom is -0.444 e. The predicted octanol–water partition coefficient (Wildman–Crippen LogP) is 2.91. The number of H-pyrrole nitrogens is 1. The van der Waals surface area contributed by atoms with Crippen molar-refractivity contribution < 1.29 is 14.3 Å². The first-order chi connectivity index (χ1) is 16.7. The molecule has 180 valence electrons. The van der Waals surface area contributed by atoms with Crippen molar-refractivity contribution in [3.05, 3.63) is 87.9 Å². The van der Waals surface area contributed by atoms with Crippen LogP contribution in [0.1, 0.15) is 43.5 Å². The highest BCUT2D eigenvalue weighted by Gasteiger charge is 2.16. The highest BCUT2D eigenvalue weighted by atomic mass is 16.6. The Kier molecular flexibility index (Phi) is 8.19. The molecular formula is C25H26N6O4. The van der Waals surface area contributed by atoms with Gasteiger partial charge in [0.2, 0.25) is 0 Å². The van der Waals surface area contributed by atoms with Gasteiger partial charge in [-0.1, -0.05) is 18.1 Å². The molecule has 3 amide bonds. The molecular weight excluding hydrogens is 448 g/mol. The number of carbonyl (C=O) groups is 2. The topological polar surface area (TPSA) is 138 Å². The maximum Gasteiger partial charge on any atom is 0.407 e. The number of carbonyl (C=O) groups excluding carboxylic acids is 2. The molecule has 1 aromatic carbocycles. The van der Waals surface area contributed by atoms with Crippen LogP contribution in [0.5, 0.6) is 0 Å². The number of aromatic nitrogens is 3. The van der Waals surface area contributed by atoms with Crippen molar-refractivity contribution in [1.82, 2.24) is 25.6 Å². The average molecular weight is 475 g/mol. The fourth-order valence-electron chi connectivity index (χ4n) is 2.80. The molecule has 2 heterocycles. The third-order valence-corrected chi connectivity index (χ3v) is 4.19. The van der Waals surface area contributed by atoms with Crippen LogP contribution in [0.3, 0.4) is 0 Å². The Hall–Kier alpha value is -4.65. The van der Waals surface area contributed by atoms with E-state index in [-0.39, 0.29) is 18.9 Å². The Labute approximate surface area is 202 Å². The molecule has 2 aromatic heterocycles. The van der Waals surface area contributed by atoms with E-state index in [1.807, 2.05) is 24.3 Å². The largest absolute Gasteiger partial charge is 0.444 e. The van der Waals surface area contributed by atoms with Crippen LogP contribution < -0.4 is 21.5 Å². The third kappa shape index (κ3) is 9.01. The molecule has 3 rings (SSSR count). The van der Waals surface area contributed by atoms with Gasteiger partial charge in [0, 0.05) is 23.5 Å².